The van der Waals surface area contributed by atoms with Gasteiger partial charge in [0.1, 0.15) is 0 Å². The van der Waals surface area contributed by atoms with Crippen LogP contribution in [0, 0.1) is 46.3 Å². The maximum Gasteiger partial charge on any atom is 0.0576 e. The maximum absolute atomic E-state index is 11.1. The number of rotatable bonds is 4. The predicted molar refractivity (Wildman–Crippen MR) is 110 cm³/mol. The molecule has 0 radical (unpaired) electrons. The van der Waals surface area contributed by atoms with Crippen LogP contribution in [0.15, 0.2) is 12.7 Å². The number of allylic oxidation sites excluding steroid dienone is 1. The number of hydrogen-bond donors (Lipinski definition) is 1. The summed E-state index contributed by atoms with van der Waals surface area (Å²) in [5.41, 5.74) is 0.952. The summed E-state index contributed by atoms with van der Waals surface area (Å²) in [6.45, 7) is 11.6. The monoisotopic (exact) mass is 358 g/mol. The van der Waals surface area contributed by atoms with E-state index in [4.69, 9.17) is 0 Å². The minimum absolute atomic E-state index is 0.0267. The summed E-state index contributed by atoms with van der Waals surface area (Å²) in [5, 5.41) is 11.1. The molecule has 4 saturated carbocycles. The highest BCUT2D eigenvalue weighted by atomic mass is 16.3. The van der Waals surface area contributed by atoms with Gasteiger partial charge in [-0.2, -0.15) is 0 Å². The Morgan fingerprint density at radius 2 is 1.77 bits per heavy atom. The Hall–Kier alpha value is -0.300. The van der Waals surface area contributed by atoms with Gasteiger partial charge in [-0.3, -0.25) is 0 Å². The van der Waals surface area contributed by atoms with Crippen molar-refractivity contribution in [1.29, 1.82) is 0 Å². The van der Waals surface area contributed by atoms with Crippen LogP contribution in [0.1, 0.15) is 91.4 Å². The van der Waals surface area contributed by atoms with Crippen LogP contribution >= 0.6 is 0 Å². The van der Waals surface area contributed by atoms with E-state index in [1.165, 1.54) is 64.2 Å². The molecule has 0 aromatic rings. The molecule has 0 aromatic carbocycles. The van der Waals surface area contributed by atoms with Crippen molar-refractivity contribution in [3.63, 3.8) is 0 Å². The fourth-order valence-corrected chi connectivity index (χ4v) is 8.91. The zero-order chi connectivity index (χ0) is 18.5. The van der Waals surface area contributed by atoms with E-state index in [1.807, 2.05) is 0 Å². The molecule has 148 valence electrons. The molecule has 4 aliphatic carbocycles. The number of aliphatic hydroxyl groups excluding tert-OH is 1. The average Bonchev–Trinajstić information content (AvgIpc) is 2.97. The number of aliphatic hydroxyl groups is 1. The van der Waals surface area contributed by atoms with Crippen LogP contribution in [0.2, 0.25) is 0 Å². The van der Waals surface area contributed by atoms with E-state index >= 15 is 0 Å². The molecule has 1 heteroatoms. The Morgan fingerprint density at radius 1 is 1.00 bits per heavy atom. The standard InChI is InChI=1S/C25H42O/c1-5-6-9-17(2)19-11-12-20-18-16-23(26)22-10-7-8-14-24(22,3)21(18)13-15-25(19,20)4/h5,17-23,26H,1,6-16H2,2-4H3/t17-,18?,19-,20?,21?,22+,23+,24-,25-/m1/s1. The molecule has 0 aromatic heterocycles. The van der Waals surface area contributed by atoms with Gasteiger partial charge in [0.2, 0.25) is 0 Å². The second kappa shape index (κ2) is 6.94. The molecule has 4 rings (SSSR count). The van der Waals surface area contributed by atoms with Gasteiger partial charge in [0.05, 0.1) is 6.10 Å². The molecule has 4 fully saturated rings. The third-order valence-corrected chi connectivity index (χ3v) is 10.2. The Balaban J connectivity index is 1.57. The summed E-state index contributed by atoms with van der Waals surface area (Å²) >= 11 is 0. The normalized spacial score (nSPS) is 51.8. The molecule has 0 aliphatic heterocycles. The van der Waals surface area contributed by atoms with Crippen LogP contribution < -0.4 is 0 Å². The highest BCUT2D eigenvalue weighted by Crippen LogP contribution is 2.68. The van der Waals surface area contributed by atoms with E-state index in [0.717, 1.165) is 36.0 Å². The summed E-state index contributed by atoms with van der Waals surface area (Å²) in [5.74, 6) is 4.85. The molecular formula is C25H42O. The molecule has 26 heavy (non-hydrogen) atoms. The first kappa shape index (κ1) is 19.0. The lowest BCUT2D eigenvalue weighted by molar-refractivity contribution is -0.159. The van der Waals surface area contributed by atoms with Crippen LogP contribution in [-0.2, 0) is 0 Å². The van der Waals surface area contributed by atoms with Gasteiger partial charge in [-0.15, -0.1) is 6.58 Å². The van der Waals surface area contributed by atoms with Gasteiger partial charge in [-0.05, 0) is 104 Å². The molecule has 9 atom stereocenters. The van der Waals surface area contributed by atoms with E-state index in [1.54, 1.807) is 0 Å². The Morgan fingerprint density at radius 3 is 2.54 bits per heavy atom. The van der Waals surface area contributed by atoms with Gasteiger partial charge >= 0.3 is 0 Å². The van der Waals surface area contributed by atoms with Crippen LogP contribution in [0.5, 0.6) is 0 Å². The number of hydrogen-bond acceptors (Lipinski definition) is 1. The van der Waals surface area contributed by atoms with Crippen molar-refractivity contribution in [3.8, 4) is 0 Å². The van der Waals surface area contributed by atoms with E-state index < -0.39 is 0 Å². The summed E-state index contributed by atoms with van der Waals surface area (Å²) in [7, 11) is 0. The van der Waals surface area contributed by atoms with Crippen molar-refractivity contribution in [2.45, 2.75) is 97.5 Å². The molecule has 0 amide bonds. The van der Waals surface area contributed by atoms with Crippen molar-refractivity contribution in [2.24, 2.45) is 46.3 Å². The second-order valence-electron chi connectivity index (χ2n) is 11.1. The van der Waals surface area contributed by atoms with Crippen molar-refractivity contribution in [2.75, 3.05) is 0 Å². The lowest BCUT2D eigenvalue weighted by atomic mass is 9.44. The summed E-state index contributed by atoms with van der Waals surface area (Å²) < 4.78 is 0. The lowest BCUT2D eigenvalue weighted by Crippen LogP contribution is -2.57. The van der Waals surface area contributed by atoms with E-state index in [0.29, 0.717) is 16.7 Å². The first-order chi connectivity index (χ1) is 12.4. The average molecular weight is 359 g/mol. The first-order valence-electron chi connectivity index (χ1n) is 11.7. The molecular weight excluding hydrogens is 316 g/mol. The van der Waals surface area contributed by atoms with Gasteiger partial charge in [-0.25, -0.2) is 0 Å². The van der Waals surface area contributed by atoms with E-state index in [-0.39, 0.29) is 6.10 Å². The zero-order valence-electron chi connectivity index (χ0n) is 17.6. The molecule has 4 aliphatic rings. The minimum atomic E-state index is -0.0267. The quantitative estimate of drug-likeness (QED) is 0.561. The van der Waals surface area contributed by atoms with Gasteiger partial charge in [-0.1, -0.05) is 39.7 Å². The fourth-order valence-electron chi connectivity index (χ4n) is 8.91. The molecule has 0 saturated heterocycles. The fraction of sp³-hybridized carbons (Fsp3) is 0.920. The highest BCUT2D eigenvalue weighted by Gasteiger charge is 2.61. The van der Waals surface area contributed by atoms with Crippen molar-refractivity contribution in [1.82, 2.24) is 0 Å². The summed E-state index contributed by atoms with van der Waals surface area (Å²) in [6.07, 6.45) is 16.8. The first-order valence-corrected chi connectivity index (χ1v) is 11.7. The summed E-state index contributed by atoms with van der Waals surface area (Å²) in [4.78, 5) is 0. The molecule has 1 N–H and O–H groups in total. The third kappa shape index (κ3) is 2.75. The molecule has 0 bridgehead atoms. The minimum Gasteiger partial charge on any atom is -0.393 e. The Kier molecular flexibility index (Phi) is 5.08. The van der Waals surface area contributed by atoms with E-state index in [9.17, 15) is 5.11 Å². The van der Waals surface area contributed by atoms with Crippen LogP contribution in [0.3, 0.4) is 0 Å². The maximum atomic E-state index is 11.1. The highest BCUT2D eigenvalue weighted by molar-refractivity contribution is 5.10. The van der Waals surface area contributed by atoms with Crippen LogP contribution in [-0.4, -0.2) is 11.2 Å². The molecule has 0 spiro atoms. The summed E-state index contributed by atoms with van der Waals surface area (Å²) in [6, 6.07) is 0. The van der Waals surface area contributed by atoms with Crippen molar-refractivity contribution >= 4 is 0 Å². The van der Waals surface area contributed by atoms with Crippen LogP contribution in [0.4, 0.5) is 0 Å². The van der Waals surface area contributed by atoms with Gasteiger partial charge < -0.3 is 5.11 Å². The predicted octanol–water partition coefficient (Wildman–Crippen LogP) is 6.61. The van der Waals surface area contributed by atoms with Crippen LogP contribution in [0.25, 0.3) is 0 Å². The topological polar surface area (TPSA) is 20.2 Å². The Bertz CT molecular complexity index is 526. The SMILES string of the molecule is C=CCC[C@@H](C)[C@H]1CCC2C3C[C@H](O)[C@@H]4CCCC[C@]4(C)C3CC[C@@]21C. The zero-order valence-corrected chi connectivity index (χ0v) is 17.6. The van der Waals surface area contributed by atoms with Gasteiger partial charge in [0.15, 0.2) is 0 Å². The van der Waals surface area contributed by atoms with Crippen molar-refractivity contribution < 1.29 is 5.11 Å². The van der Waals surface area contributed by atoms with Crippen molar-refractivity contribution in [3.05, 3.63) is 12.7 Å². The second-order valence-corrected chi connectivity index (χ2v) is 11.1. The molecule has 1 nitrogen and oxygen atoms in total. The van der Waals surface area contributed by atoms with Gasteiger partial charge in [0, 0.05) is 0 Å². The largest absolute Gasteiger partial charge is 0.393 e. The van der Waals surface area contributed by atoms with E-state index in [2.05, 4.69) is 33.4 Å². The smallest absolute Gasteiger partial charge is 0.0576 e. The van der Waals surface area contributed by atoms with Gasteiger partial charge in [0.25, 0.3) is 0 Å². The molecule has 3 unspecified atom stereocenters. The third-order valence-electron chi connectivity index (χ3n) is 10.2. The Labute approximate surface area is 162 Å². The molecule has 0 heterocycles. The lowest BCUT2D eigenvalue weighted by Gasteiger charge is -2.62. The number of fused-ring (bicyclic) bond motifs is 5.